The van der Waals surface area contributed by atoms with Gasteiger partial charge in [-0.25, -0.2) is 4.39 Å². The van der Waals surface area contributed by atoms with Crippen molar-refractivity contribution >= 4 is 22.5 Å². The Morgan fingerprint density at radius 2 is 1.76 bits per heavy atom. The van der Waals surface area contributed by atoms with Crippen molar-refractivity contribution in [1.29, 1.82) is 0 Å². The molecule has 0 fully saturated rings. The molecule has 3 aromatic rings. The molecule has 1 nitrogen and oxygen atoms in total. The van der Waals surface area contributed by atoms with Crippen molar-refractivity contribution in [1.82, 2.24) is 5.32 Å². The number of hydrogen-bond acceptors (Lipinski definition) is 2. The van der Waals surface area contributed by atoms with Crippen LogP contribution in [0.25, 0.3) is 10.8 Å². The zero-order valence-electron chi connectivity index (χ0n) is 11.8. The molecular weight excluding hydrogens is 281 g/mol. The summed E-state index contributed by atoms with van der Waals surface area (Å²) in [5, 5.41) is 5.40. The maximum Gasteiger partial charge on any atom is 0.137 e. The Balaban J connectivity index is 1.87. The molecule has 0 saturated carbocycles. The summed E-state index contributed by atoms with van der Waals surface area (Å²) >= 11 is 1.46. The molecule has 0 aromatic heterocycles. The van der Waals surface area contributed by atoms with E-state index in [1.54, 1.807) is 6.07 Å². The van der Waals surface area contributed by atoms with Crippen LogP contribution < -0.4 is 5.32 Å². The van der Waals surface area contributed by atoms with E-state index in [9.17, 15) is 4.39 Å². The summed E-state index contributed by atoms with van der Waals surface area (Å²) in [5.41, 5.74) is 0.956. The highest BCUT2D eigenvalue weighted by Gasteiger charge is 2.06. The van der Waals surface area contributed by atoms with Gasteiger partial charge in [-0.15, -0.1) is 0 Å². The van der Waals surface area contributed by atoms with Crippen LogP contribution in [0.15, 0.2) is 70.5 Å². The largest absolute Gasteiger partial charge is 0.316 e. The highest BCUT2D eigenvalue weighted by Crippen LogP contribution is 2.32. The Labute approximate surface area is 128 Å². The maximum absolute atomic E-state index is 14.1. The van der Waals surface area contributed by atoms with Crippen LogP contribution in [0.5, 0.6) is 0 Å². The first kappa shape index (κ1) is 14.1. The van der Waals surface area contributed by atoms with Gasteiger partial charge in [0.2, 0.25) is 0 Å². The topological polar surface area (TPSA) is 12.0 Å². The summed E-state index contributed by atoms with van der Waals surface area (Å²) in [6, 6.07) is 19.8. The number of benzene rings is 3. The molecule has 3 heteroatoms. The molecule has 21 heavy (non-hydrogen) atoms. The second-order valence-electron chi connectivity index (χ2n) is 4.91. The summed E-state index contributed by atoms with van der Waals surface area (Å²) in [5.74, 6) is -0.166. The van der Waals surface area contributed by atoms with Crippen molar-refractivity contribution in [2.75, 3.05) is 7.05 Å². The Morgan fingerprint density at radius 3 is 2.52 bits per heavy atom. The van der Waals surface area contributed by atoms with E-state index in [-0.39, 0.29) is 5.82 Å². The standard InChI is InChI=1S/C18H16FNS/c1-20-12-13-6-9-18(17(19)10-13)21-16-8-7-14-4-2-3-5-15(14)11-16/h2-11,20H,12H2,1H3. The number of hydrogen-bond donors (Lipinski definition) is 1. The summed E-state index contributed by atoms with van der Waals surface area (Å²) in [6.45, 7) is 0.678. The van der Waals surface area contributed by atoms with Gasteiger partial charge in [-0.1, -0.05) is 48.2 Å². The molecule has 1 N–H and O–H groups in total. The molecule has 0 aliphatic rings. The number of rotatable bonds is 4. The molecule has 0 spiro atoms. The molecule has 0 aliphatic heterocycles. The van der Waals surface area contributed by atoms with Crippen molar-refractivity contribution in [2.45, 2.75) is 16.3 Å². The predicted molar refractivity (Wildman–Crippen MR) is 87.2 cm³/mol. The van der Waals surface area contributed by atoms with Gasteiger partial charge in [0.1, 0.15) is 5.82 Å². The van der Waals surface area contributed by atoms with E-state index in [1.165, 1.54) is 22.5 Å². The van der Waals surface area contributed by atoms with Crippen LogP contribution in [0.3, 0.4) is 0 Å². The third kappa shape index (κ3) is 3.26. The smallest absolute Gasteiger partial charge is 0.137 e. The molecule has 0 amide bonds. The van der Waals surface area contributed by atoms with Gasteiger partial charge in [-0.05, 0) is 47.6 Å². The fraction of sp³-hybridized carbons (Fsp3) is 0.111. The lowest BCUT2D eigenvalue weighted by Crippen LogP contribution is -2.05. The Bertz CT molecular complexity index is 770. The van der Waals surface area contributed by atoms with Crippen LogP contribution in [0.1, 0.15) is 5.56 Å². The Hall–Kier alpha value is -1.84. The van der Waals surface area contributed by atoms with E-state index in [1.807, 2.05) is 37.4 Å². The first-order chi connectivity index (χ1) is 10.3. The quantitative estimate of drug-likeness (QED) is 0.739. The monoisotopic (exact) mass is 297 g/mol. The molecule has 0 unspecified atom stereocenters. The predicted octanol–water partition coefficient (Wildman–Crippen LogP) is 4.85. The second kappa shape index (κ2) is 6.29. The minimum absolute atomic E-state index is 0.166. The minimum Gasteiger partial charge on any atom is -0.316 e. The zero-order valence-corrected chi connectivity index (χ0v) is 12.6. The van der Waals surface area contributed by atoms with Crippen molar-refractivity contribution in [2.24, 2.45) is 0 Å². The van der Waals surface area contributed by atoms with Crippen molar-refractivity contribution < 1.29 is 4.39 Å². The molecule has 0 bridgehead atoms. The second-order valence-corrected chi connectivity index (χ2v) is 6.02. The molecule has 0 radical (unpaired) electrons. The van der Waals surface area contributed by atoms with E-state index in [4.69, 9.17) is 0 Å². The zero-order chi connectivity index (χ0) is 14.7. The third-order valence-corrected chi connectivity index (χ3v) is 4.37. The third-order valence-electron chi connectivity index (χ3n) is 3.33. The number of halogens is 1. The number of fused-ring (bicyclic) bond motifs is 1. The average molecular weight is 297 g/mol. The van der Waals surface area contributed by atoms with Crippen LogP contribution in [-0.2, 0) is 6.54 Å². The lowest BCUT2D eigenvalue weighted by atomic mass is 10.1. The Kier molecular flexibility index (Phi) is 4.23. The molecular formula is C18H16FNS. The van der Waals surface area contributed by atoms with E-state index < -0.39 is 0 Å². The molecule has 0 saturated heterocycles. The first-order valence-corrected chi connectivity index (χ1v) is 7.67. The lowest BCUT2D eigenvalue weighted by Gasteiger charge is -2.07. The molecule has 0 aliphatic carbocycles. The van der Waals surface area contributed by atoms with E-state index in [2.05, 4.69) is 29.6 Å². The van der Waals surface area contributed by atoms with Gasteiger partial charge in [0.15, 0.2) is 0 Å². The molecule has 0 atom stereocenters. The van der Waals surface area contributed by atoms with E-state index >= 15 is 0 Å². The van der Waals surface area contributed by atoms with E-state index in [0.717, 1.165) is 10.5 Å². The first-order valence-electron chi connectivity index (χ1n) is 6.86. The fourth-order valence-electron chi connectivity index (χ4n) is 2.30. The van der Waals surface area contributed by atoms with Crippen LogP contribution >= 0.6 is 11.8 Å². The molecule has 0 heterocycles. The highest BCUT2D eigenvalue weighted by molar-refractivity contribution is 7.99. The summed E-state index contributed by atoms with van der Waals surface area (Å²) in [6.07, 6.45) is 0. The van der Waals surface area contributed by atoms with Crippen molar-refractivity contribution in [3.05, 3.63) is 72.0 Å². The maximum atomic E-state index is 14.1. The van der Waals surface area contributed by atoms with Crippen molar-refractivity contribution in [3.8, 4) is 0 Å². The summed E-state index contributed by atoms with van der Waals surface area (Å²) < 4.78 is 14.1. The molecule has 106 valence electrons. The average Bonchev–Trinajstić information content (AvgIpc) is 2.50. The van der Waals surface area contributed by atoms with Crippen LogP contribution in [0, 0.1) is 5.82 Å². The van der Waals surface area contributed by atoms with Gasteiger partial charge in [0.05, 0.1) is 0 Å². The van der Waals surface area contributed by atoms with Gasteiger partial charge in [0.25, 0.3) is 0 Å². The number of nitrogens with one attached hydrogen (secondary N) is 1. The Morgan fingerprint density at radius 1 is 0.952 bits per heavy atom. The van der Waals surface area contributed by atoms with Crippen LogP contribution in [0.4, 0.5) is 4.39 Å². The normalized spacial score (nSPS) is 11.0. The minimum atomic E-state index is -0.166. The van der Waals surface area contributed by atoms with E-state index in [0.29, 0.717) is 11.4 Å². The van der Waals surface area contributed by atoms with Crippen molar-refractivity contribution in [3.63, 3.8) is 0 Å². The highest BCUT2D eigenvalue weighted by atomic mass is 32.2. The fourth-order valence-corrected chi connectivity index (χ4v) is 3.17. The SMILES string of the molecule is CNCc1ccc(Sc2ccc3ccccc3c2)c(F)c1. The molecule has 3 aromatic carbocycles. The van der Waals surface area contributed by atoms with Crippen LogP contribution in [-0.4, -0.2) is 7.05 Å². The molecule has 3 rings (SSSR count). The van der Waals surface area contributed by atoms with Gasteiger partial charge in [0, 0.05) is 16.3 Å². The summed E-state index contributed by atoms with van der Waals surface area (Å²) in [7, 11) is 1.86. The van der Waals surface area contributed by atoms with Gasteiger partial charge < -0.3 is 5.32 Å². The van der Waals surface area contributed by atoms with Crippen LogP contribution in [0.2, 0.25) is 0 Å². The van der Waals surface area contributed by atoms with Gasteiger partial charge >= 0.3 is 0 Å². The lowest BCUT2D eigenvalue weighted by molar-refractivity contribution is 0.598. The van der Waals surface area contributed by atoms with Gasteiger partial charge in [-0.2, -0.15) is 0 Å². The van der Waals surface area contributed by atoms with Gasteiger partial charge in [-0.3, -0.25) is 0 Å². The summed E-state index contributed by atoms with van der Waals surface area (Å²) in [4.78, 5) is 1.71.